The maximum absolute atomic E-state index is 12.4. The van der Waals surface area contributed by atoms with Crippen molar-refractivity contribution in [1.82, 2.24) is 16.2 Å². The standard InChI is InChI=1S/C18H21N3O3S2/c1-12-5-3-6-13(11-12)16(22)19-14(8-10-25-2)17(23)20-21-18(24)15-7-4-9-26-15/h3-7,9,11,14H,8,10H2,1-2H3,(H,19,22)(H,20,23)(H,21,24)/t14-/m1/s1. The lowest BCUT2D eigenvalue weighted by atomic mass is 10.1. The van der Waals surface area contributed by atoms with Gasteiger partial charge in [-0.05, 0) is 48.9 Å². The highest BCUT2D eigenvalue weighted by atomic mass is 32.2. The molecule has 1 aromatic carbocycles. The van der Waals surface area contributed by atoms with E-state index in [4.69, 9.17) is 0 Å². The van der Waals surface area contributed by atoms with Gasteiger partial charge in [-0.25, -0.2) is 0 Å². The van der Waals surface area contributed by atoms with Crippen molar-refractivity contribution in [2.24, 2.45) is 0 Å². The average molecular weight is 392 g/mol. The van der Waals surface area contributed by atoms with E-state index in [0.717, 1.165) is 5.56 Å². The molecule has 0 aliphatic heterocycles. The Balaban J connectivity index is 1.97. The summed E-state index contributed by atoms with van der Waals surface area (Å²) in [6.07, 6.45) is 2.38. The summed E-state index contributed by atoms with van der Waals surface area (Å²) < 4.78 is 0. The molecular formula is C18H21N3O3S2. The zero-order chi connectivity index (χ0) is 18.9. The van der Waals surface area contributed by atoms with E-state index < -0.39 is 11.9 Å². The summed E-state index contributed by atoms with van der Waals surface area (Å²) in [5.74, 6) is -0.461. The highest BCUT2D eigenvalue weighted by molar-refractivity contribution is 7.98. The van der Waals surface area contributed by atoms with Gasteiger partial charge in [0.15, 0.2) is 0 Å². The Bertz CT molecular complexity index is 763. The number of hydrogen-bond acceptors (Lipinski definition) is 5. The molecule has 1 heterocycles. The van der Waals surface area contributed by atoms with Crippen molar-refractivity contribution in [1.29, 1.82) is 0 Å². The molecule has 138 valence electrons. The third kappa shape index (κ3) is 5.89. The number of aryl methyl sites for hydroxylation is 1. The summed E-state index contributed by atoms with van der Waals surface area (Å²) in [6, 6.07) is 9.83. The Morgan fingerprint density at radius 2 is 1.92 bits per heavy atom. The first-order valence-corrected chi connectivity index (χ1v) is 10.3. The lowest BCUT2D eigenvalue weighted by molar-refractivity contribution is -0.123. The van der Waals surface area contributed by atoms with Gasteiger partial charge in [0.05, 0.1) is 4.88 Å². The quantitative estimate of drug-likeness (QED) is 0.633. The van der Waals surface area contributed by atoms with Crippen molar-refractivity contribution < 1.29 is 14.4 Å². The van der Waals surface area contributed by atoms with Crippen molar-refractivity contribution in [2.75, 3.05) is 12.0 Å². The number of thiophene rings is 1. The fourth-order valence-electron chi connectivity index (χ4n) is 2.21. The summed E-state index contributed by atoms with van der Waals surface area (Å²) in [5.41, 5.74) is 6.23. The van der Waals surface area contributed by atoms with Gasteiger partial charge < -0.3 is 5.32 Å². The Kier molecular flexibility index (Phi) is 7.68. The second kappa shape index (κ2) is 9.98. The fraction of sp³-hybridized carbons (Fsp3) is 0.278. The molecule has 0 saturated carbocycles. The van der Waals surface area contributed by atoms with Gasteiger partial charge in [-0.15, -0.1) is 11.3 Å². The molecule has 2 rings (SSSR count). The summed E-state index contributed by atoms with van der Waals surface area (Å²) in [4.78, 5) is 37.2. The van der Waals surface area contributed by atoms with E-state index in [1.807, 2.05) is 19.2 Å². The Labute approximate surface area is 160 Å². The van der Waals surface area contributed by atoms with Gasteiger partial charge in [-0.3, -0.25) is 25.2 Å². The molecule has 0 radical (unpaired) electrons. The second-order valence-corrected chi connectivity index (χ2v) is 7.53. The number of rotatable bonds is 7. The van der Waals surface area contributed by atoms with Crippen molar-refractivity contribution in [3.63, 3.8) is 0 Å². The molecule has 3 amide bonds. The third-order valence-electron chi connectivity index (χ3n) is 3.56. The topological polar surface area (TPSA) is 87.3 Å². The van der Waals surface area contributed by atoms with Crippen LogP contribution in [0.3, 0.4) is 0 Å². The molecule has 0 fully saturated rings. The Morgan fingerprint density at radius 3 is 2.58 bits per heavy atom. The predicted octanol–water partition coefficient (Wildman–Crippen LogP) is 2.37. The summed E-state index contributed by atoms with van der Waals surface area (Å²) in [7, 11) is 0. The van der Waals surface area contributed by atoms with Crippen LogP contribution in [0.2, 0.25) is 0 Å². The maximum atomic E-state index is 12.4. The number of thioether (sulfide) groups is 1. The molecule has 0 aliphatic carbocycles. The zero-order valence-corrected chi connectivity index (χ0v) is 16.2. The largest absolute Gasteiger partial charge is 0.340 e. The average Bonchev–Trinajstić information content (AvgIpc) is 3.17. The monoisotopic (exact) mass is 391 g/mol. The number of hydrogen-bond donors (Lipinski definition) is 3. The Hall–Kier alpha value is -2.32. The molecule has 0 unspecified atom stereocenters. The van der Waals surface area contributed by atoms with E-state index in [1.165, 1.54) is 11.3 Å². The SMILES string of the molecule is CSCC[C@@H](NC(=O)c1cccc(C)c1)C(=O)NNC(=O)c1cccs1. The number of carbonyl (C=O) groups excluding carboxylic acids is 3. The molecule has 0 saturated heterocycles. The van der Waals surface area contributed by atoms with Crippen LogP contribution in [-0.2, 0) is 4.79 Å². The normalized spacial score (nSPS) is 11.5. The summed E-state index contributed by atoms with van der Waals surface area (Å²) >= 11 is 2.86. The molecule has 6 nitrogen and oxygen atoms in total. The molecule has 0 aliphatic rings. The van der Waals surface area contributed by atoms with Crippen molar-refractivity contribution in [3.05, 3.63) is 57.8 Å². The first kappa shape index (κ1) is 20.0. The first-order chi connectivity index (χ1) is 12.5. The van der Waals surface area contributed by atoms with Gasteiger partial charge in [0.2, 0.25) is 0 Å². The minimum Gasteiger partial charge on any atom is -0.340 e. The van der Waals surface area contributed by atoms with Gasteiger partial charge in [-0.1, -0.05) is 23.8 Å². The third-order valence-corrected chi connectivity index (χ3v) is 5.07. The minimum atomic E-state index is -0.737. The highest BCUT2D eigenvalue weighted by Gasteiger charge is 2.22. The number of carbonyl (C=O) groups is 3. The molecule has 26 heavy (non-hydrogen) atoms. The Morgan fingerprint density at radius 1 is 1.12 bits per heavy atom. The predicted molar refractivity (Wildman–Crippen MR) is 105 cm³/mol. The molecular weight excluding hydrogens is 370 g/mol. The first-order valence-electron chi connectivity index (χ1n) is 8.01. The van der Waals surface area contributed by atoms with Gasteiger partial charge in [-0.2, -0.15) is 11.8 Å². The second-order valence-electron chi connectivity index (χ2n) is 5.60. The van der Waals surface area contributed by atoms with Crippen molar-refractivity contribution in [2.45, 2.75) is 19.4 Å². The van der Waals surface area contributed by atoms with E-state index in [-0.39, 0.29) is 11.8 Å². The summed E-state index contributed by atoms with van der Waals surface area (Å²) in [6.45, 7) is 1.90. The van der Waals surface area contributed by atoms with E-state index in [9.17, 15) is 14.4 Å². The molecule has 1 atom stereocenters. The highest BCUT2D eigenvalue weighted by Crippen LogP contribution is 2.08. The lowest BCUT2D eigenvalue weighted by Gasteiger charge is -2.18. The van der Waals surface area contributed by atoms with Gasteiger partial charge in [0, 0.05) is 5.56 Å². The molecule has 2 aromatic rings. The molecule has 0 spiro atoms. The van der Waals surface area contributed by atoms with E-state index in [1.54, 1.807) is 47.5 Å². The molecule has 0 bridgehead atoms. The molecule has 1 aromatic heterocycles. The lowest BCUT2D eigenvalue weighted by Crippen LogP contribution is -2.52. The minimum absolute atomic E-state index is 0.320. The van der Waals surface area contributed by atoms with Crippen LogP contribution >= 0.6 is 23.1 Å². The van der Waals surface area contributed by atoms with Crippen LogP contribution in [0.1, 0.15) is 32.0 Å². The van der Waals surface area contributed by atoms with Crippen LogP contribution in [0, 0.1) is 6.92 Å². The number of amides is 3. The van der Waals surface area contributed by atoms with Crippen LogP contribution in [0.5, 0.6) is 0 Å². The van der Waals surface area contributed by atoms with Gasteiger partial charge >= 0.3 is 0 Å². The van der Waals surface area contributed by atoms with Crippen molar-refractivity contribution in [3.8, 4) is 0 Å². The number of benzene rings is 1. The smallest absolute Gasteiger partial charge is 0.279 e. The van der Waals surface area contributed by atoms with Crippen LogP contribution < -0.4 is 16.2 Å². The number of nitrogens with one attached hydrogen (secondary N) is 3. The van der Waals surface area contributed by atoms with E-state index in [0.29, 0.717) is 22.6 Å². The van der Waals surface area contributed by atoms with Gasteiger partial charge in [0.25, 0.3) is 17.7 Å². The molecule has 3 N–H and O–H groups in total. The maximum Gasteiger partial charge on any atom is 0.279 e. The van der Waals surface area contributed by atoms with Gasteiger partial charge in [0.1, 0.15) is 6.04 Å². The van der Waals surface area contributed by atoms with Crippen LogP contribution in [-0.4, -0.2) is 35.8 Å². The molecule has 8 heteroatoms. The van der Waals surface area contributed by atoms with E-state index >= 15 is 0 Å². The fourth-order valence-corrected chi connectivity index (χ4v) is 3.30. The van der Waals surface area contributed by atoms with Crippen molar-refractivity contribution >= 4 is 40.8 Å². The van der Waals surface area contributed by atoms with Crippen LogP contribution in [0.4, 0.5) is 0 Å². The van der Waals surface area contributed by atoms with E-state index in [2.05, 4.69) is 16.2 Å². The number of hydrazine groups is 1. The van der Waals surface area contributed by atoms with Crippen LogP contribution in [0.15, 0.2) is 41.8 Å². The van der Waals surface area contributed by atoms with Crippen LogP contribution in [0.25, 0.3) is 0 Å². The summed E-state index contributed by atoms with van der Waals surface area (Å²) in [5, 5.41) is 4.52. The zero-order valence-electron chi connectivity index (χ0n) is 14.6.